The SMILES string of the molecule is CCCCNc1nc(NC2=CC=C(CC(=O)NCCOCCOCCN)C#CC2)nc(N2CCCCC2)n1. The lowest BCUT2D eigenvalue weighted by atomic mass is 10.1. The van der Waals surface area contributed by atoms with Crippen LogP contribution < -0.4 is 26.6 Å². The van der Waals surface area contributed by atoms with Crippen molar-refractivity contribution in [3.05, 3.63) is 23.4 Å². The van der Waals surface area contributed by atoms with Crippen LogP contribution in [-0.2, 0) is 14.3 Å². The molecular weight excluding hydrogens is 484 g/mol. The van der Waals surface area contributed by atoms with E-state index in [9.17, 15) is 4.79 Å². The van der Waals surface area contributed by atoms with E-state index in [1.54, 1.807) is 0 Å². The molecule has 0 unspecified atom stereocenters. The lowest BCUT2D eigenvalue weighted by Gasteiger charge is -2.27. The zero-order valence-electron chi connectivity index (χ0n) is 22.6. The van der Waals surface area contributed by atoms with Crippen LogP contribution in [0.15, 0.2) is 23.4 Å². The first-order valence-electron chi connectivity index (χ1n) is 13.7. The minimum atomic E-state index is -0.0928. The molecule has 0 aromatic carbocycles. The molecule has 0 atom stereocenters. The Labute approximate surface area is 226 Å². The summed E-state index contributed by atoms with van der Waals surface area (Å²) in [5.41, 5.74) is 6.98. The molecule has 2 aliphatic rings. The van der Waals surface area contributed by atoms with E-state index in [1.165, 1.54) is 6.42 Å². The van der Waals surface area contributed by atoms with Crippen molar-refractivity contribution in [2.75, 3.05) is 74.7 Å². The van der Waals surface area contributed by atoms with Gasteiger partial charge in [0.25, 0.3) is 0 Å². The van der Waals surface area contributed by atoms with E-state index in [1.807, 2.05) is 12.2 Å². The van der Waals surface area contributed by atoms with Crippen LogP contribution in [0.5, 0.6) is 0 Å². The van der Waals surface area contributed by atoms with Crippen LogP contribution in [-0.4, -0.2) is 80.0 Å². The number of nitrogens with one attached hydrogen (secondary N) is 3. The summed E-state index contributed by atoms with van der Waals surface area (Å²) in [7, 11) is 0. The maximum absolute atomic E-state index is 12.3. The van der Waals surface area contributed by atoms with E-state index >= 15 is 0 Å². The van der Waals surface area contributed by atoms with Crippen LogP contribution in [0.4, 0.5) is 17.8 Å². The third kappa shape index (κ3) is 11.0. The van der Waals surface area contributed by atoms with Gasteiger partial charge in [0.15, 0.2) is 0 Å². The number of allylic oxidation sites excluding steroid dienone is 3. The molecule has 1 aliphatic heterocycles. The maximum atomic E-state index is 12.3. The first-order valence-corrected chi connectivity index (χ1v) is 13.7. The van der Waals surface area contributed by atoms with Crippen LogP contribution in [0.25, 0.3) is 0 Å². The number of carbonyl (C=O) groups excluding carboxylic acids is 1. The number of hydrogen-bond donors (Lipinski definition) is 4. The van der Waals surface area contributed by atoms with Crippen LogP contribution >= 0.6 is 0 Å². The molecule has 11 nitrogen and oxygen atoms in total. The van der Waals surface area contributed by atoms with Gasteiger partial charge in [-0.1, -0.05) is 25.2 Å². The smallest absolute Gasteiger partial charge is 0.233 e. The zero-order chi connectivity index (χ0) is 26.8. The largest absolute Gasteiger partial charge is 0.378 e. The van der Waals surface area contributed by atoms with Gasteiger partial charge in [-0.25, -0.2) is 0 Å². The maximum Gasteiger partial charge on any atom is 0.233 e. The highest BCUT2D eigenvalue weighted by Gasteiger charge is 2.17. The van der Waals surface area contributed by atoms with Crippen LogP contribution in [0.2, 0.25) is 0 Å². The highest BCUT2D eigenvalue weighted by Crippen LogP contribution is 2.20. The highest BCUT2D eigenvalue weighted by molar-refractivity contribution is 5.79. The minimum absolute atomic E-state index is 0.0928. The van der Waals surface area contributed by atoms with E-state index in [4.69, 9.17) is 20.2 Å². The molecule has 1 saturated heterocycles. The predicted molar refractivity (Wildman–Crippen MR) is 150 cm³/mol. The van der Waals surface area contributed by atoms with Gasteiger partial charge in [0.2, 0.25) is 23.8 Å². The summed E-state index contributed by atoms with van der Waals surface area (Å²) in [5, 5.41) is 9.51. The Morgan fingerprint density at radius 2 is 1.82 bits per heavy atom. The van der Waals surface area contributed by atoms with Crippen molar-refractivity contribution in [1.82, 2.24) is 20.3 Å². The second-order valence-electron chi connectivity index (χ2n) is 9.14. The summed E-state index contributed by atoms with van der Waals surface area (Å²) in [6.07, 6.45) is 10.2. The molecule has 11 heteroatoms. The predicted octanol–water partition coefficient (Wildman–Crippen LogP) is 2.20. The Morgan fingerprint density at radius 3 is 2.61 bits per heavy atom. The van der Waals surface area contributed by atoms with Crippen molar-refractivity contribution in [2.45, 2.75) is 51.9 Å². The molecule has 5 N–H and O–H groups in total. The minimum Gasteiger partial charge on any atom is -0.378 e. The van der Waals surface area contributed by atoms with E-state index in [0.717, 1.165) is 56.6 Å². The first kappa shape index (κ1) is 29.4. The van der Waals surface area contributed by atoms with Crippen molar-refractivity contribution in [1.29, 1.82) is 0 Å². The molecule has 1 aliphatic carbocycles. The number of rotatable bonds is 17. The number of aromatic nitrogens is 3. The number of nitrogens with two attached hydrogens (primary N) is 1. The number of unbranched alkanes of at least 4 members (excludes halogenated alkanes) is 1. The average molecular weight is 527 g/mol. The van der Waals surface area contributed by atoms with Gasteiger partial charge in [0.05, 0.1) is 32.8 Å². The summed E-state index contributed by atoms with van der Waals surface area (Å²) in [5.74, 6) is 7.91. The molecule has 38 heavy (non-hydrogen) atoms. The molecule has 208 valence electrons. The van der Waals surface area contributed by atoms with Crippen LogP contribution in [0, 0.1) is 11.8 Å². The third-order valence-corrected chi connectivity index (χ3v) is 5.92. The van der Waals surface area contributed by atoms with Gasteiger partial charge in [-0.15, -0.1) is 0 Å². The Bertz CT molecular complexity index is 996. The standard InChI is InChI=1S/C27H42N8O3/c1-2-3-13-30-25-32-26(34-27(33-25)35-15-5-4-6-16-35)31-23-9-7-8-22(10-11-23)21-24(36)29-14-18-38-20-19-37-17-12-28/h10-11H,2-6,9,12-21,28H2,1H3,(H,29,36)(H2,30,31,32,33,34). The number of amides is 1. The quantitative estimate of drug-likeness (QED) is 0.176. The summed E-state index contributed by atoms with van der Waals surface area (Å²) in [6.45, 7) is 7.74. The normalized spacial score (nSPS) is 15.1. The summed E-state index contributed by atoms with van der Waals surface area (Å²) in [4.78, 5) is 28.5. The van der Waals surface area contributed by atoms with Gasteiger partial charge in [0, 0.05) is 50.4 Å². The van der Waals surface area contributed by atoms with E-state index in [0.29, 0.717) is 63.8 Å². The lowest BCUT2D eigenvalue weighted by Crippen LogP contribution is -2.31. The molecule has 0 spiro atoms. The van der Waals surface area contributed by atoms with E-state index < -0.39 is 0 Å². The van der Waals surface area contributed by atoms with Gasteiger partial charge < -0.3 is 36.1 Å². The molecule has 3 rings (SSSR count). The summed E-state index contributed by atoms with van der Waals surface area (Å²) < 4.78 is 10.7. The zero-order valence-corrected chi connectivity index (χ0v) is 22.6. The van der Waals surface area contributed by atoms with Gasteiger partial charge in [-0.2, -0.15) is 15.0 Å². The van der Waals surface area contributed by atoms with Crippen molar-refractivity contribution in [2.24, 2.45) is 5.73 Å². The Balaban J connectivity index is 1.53. The molecule has 1 fully saturated rings. The fraction of sp³-hybridized carbons (Fsp3) is 0.630. The van der Waals surface area contributed by atoms with Crippen molar-refractivity contribution >= 4 is 23.8 Å². The van der Waals surface area contributed by atoms with Gasteiger partial charge in [0.1, 0.15) is 0 Å². The molecular formula is C27H42N8O3. The number of ether oxygens (including phenoxy) is 2. The third-order valence-electron chi connectivity index (χ3n) is 5.92. The summed E-state index contributed by atoms with van der Waals surface area (Å²) >= 11 is 0. The number of carbonyl (C=O) groups is 1. The van der Waals surface area contributed by atoms with Crippen LogP contribution in [0.3, 0.4) is 0 Å². The van der Waals surface area contributed by atoms with Gasteiger partial charge >= 0.3 is 0 Å². The van der Waals surface area contributed by atoms with Crippen molar-refractivity contribution in [3.63, 3.8) is 0 Å². The molecule has 1 amide bonds. The molecule has 0 radical (unpaired) electrons. The summed E-state index contributed by atoms with van der Waals surface area (Å²) in [6, 6.07) is 0. The molecule has 0 bridgehead atoms. The van der Waals surface area contributed by atoms with E-state index in [-0.39, 0.29) is 12.3 Å². The number of nitrogens with zero attached hydrogens (tertiary/aromatic N) is 4. The van der Waals surface area contributed by atoms with Crippen LogP contribution in [0.1, 0.15) is 51.9 Å². The number of hydrogen-bond acceptors (Lipinski definition) is 10. The average Bonchev–Trinajstić information content (AvgIpc) is 3.15. The van der Waals surface area contributed by atoms with Gasteiger partial charge in [-0.05, 0) is 37.8 Å². The topological polar surface area (TPSA) is 140 Å². The first-order chi connectivity index (χ1) is 18.7. The highest BCUT2D eigenvalue weighted by atomic mass is 16.5. The molecule has 2 heterocycles. The lowest BCUT2D eigenvalue weighted by molar-refractivity contribution is -0.120. The van der Waals surface area contributed by atoms with Gasteiger partial charge in [-0.3, -0.25) is 4.79 Å². The van der Waals surface area contributed by atoms with Crippen molar-refractivity contribution < 1.29 is 14.3 Å². The van der Waals surface area contributed by atoms with Crippen molar-refractivity contribution in [3.8, 4) is 11.8 Å². The Hall–Kier alpha value is -3.20. The Kier molecular flexibility index (Phi) is 13.4. The number of anilines is 3. The molecule has 0 saturated carbocycles. The molecule has 1 aromatic heterocycles. The second-order valence-corrected chi connectivity index (χ2v) is 9.14. The fourth-order valence-corrected chi connectivity index (χ4v) is 3.90. The van der Waals surface area contributed by atoms with E-state index in [2.05, 4.69) is 49.6 Å². The second kappa shape index (κ2) is 17.3. The number of piperidine rings is 1. The fourth-order valence-electron chi connectivity index (χ4n) is 3.90. The Morgan fingerprint density at radius 1 is 1.03 bits per heavy atom. The monoisotopic (exact) mass is 526 g/mol. The molecule has 1 aromatic rings.